The molecule has 1 amide bonds. The highest BCUT2D eigenvalue weighted by molar-refractivity contribution is 5.82. The summed E-state index contributed by atoms with van der Waals surface area (Å²) in [7, 11) is 0. The van der Waals surface area contributed by atoms with Crippen LogP contribution in [-0.4, -0.2) is 54.7 Å². The van der Waals surface area contributed by atoms with Crippen LogP contribution in [0.4, 0.5) is 0 Å². The Hall–Kier alpha value is -0.650. The first-order valence-electron chi connectivity index (χ1n) is 7.70. The van der Waals surface area contributed by atoms with Crippen LogP contribution in [0.15, 0.2) is 0 Å². The van der Waals surface area contributed by atoms with E-state index in [1.807, 2.05) is 6.92 Å². The van der Waals surface area contributed by atoms with Crippen LogP contribution in [0.3, 0.4) is 0 Å². The van der Waals surface area contributed by atoms with E-state index >= 15 is 0 Å². The summed E-state index contributed by atoms with van der Waals surface area (Å²) in [5.74, 6) is 0.0992. The van der Waals surface area contributed by atoms with Gasteiger partial charge in [-0.25, -0.2) is 0 Å². The maximum absolute atomic E-state index is 12.4. The van der Waals surface area contributed by atoms with Crippen LogP contribution in [0.2, 0.25) is 0 Å². The van der Waals surface area contributed by atoms with Crippen LogP contribution < -0.4 is 11.1 Å². The average molecular weight is 283 g/mol. The SMILES string of the molecule is CC(N)C(N1CCOCC1C(=O)NC1CC1)C(C)(C)C. The van der Waals surface area contributed by atoms with Crippen LogP contribution in [0.25, 0.3) is 0 Å². The molecule has 2 aliphatic rings. The number of nitrogens with zero attached hydrogens (tertiary/aromatic N) is 1. The Morgan fingerprint density at radius 3 is 2.55 bits per heavy atom. The van der Waals surface area contributed by atoms with E-state index in [0.717, 1.165) is 19.4 Å². The second kappa shape index (κ2) is 6.00. The van der Waals surface area contributed by atoms with Crippen LogP contribution in [0.5, 0.6) is 0 Å². The van der Waals surface area contributed by atoms with E-state index in [9.17, 15) is 4.79 Å². The lowest BCUT2D eigenvalue weighted by molar-refractivity contribution is -0.137. The minimum Gasteiger partial charge on any atom is -0.378 e. The van der Waals surface area contributed by atoms with E-state index in [4.69, 9.17) is 10.5 Å². The Balaban J connectivity index is 2.13. The molecule has 3 atom stereocenters. The van der Waals surface area contributed by atoms with Gasteiger partial charge in [-0.3, -0.25) is 9.69 Å². The lowest BCUT2D eigenvalue weighted by Crippen LogP contribution is -2.64. The highest BCUT2D eigenvalue weighted by Crippen LogP contribution is 2.29. The maximum atomic E-state index is 12.4. The Morgan fingerprint density at radius 1 is 1.40 bits per heavy atom. The molecule has 0 aromatic rings. The van der Waals surface area contributed by atoms with Gasteiger partial charge >= 0.3 is 0 Å². The fraction of sp³-hybridized carbons (Fsp3) is 0.933. The molecule has 5 nitrogen and oxygen atoms in total. The van der Waals surface area contributed by atoms with Crippen LogP contribution in [-0.2, 0) is 9.53 Å². The van der Waals surface area contributed by atoms with Gasteiger partial charge in [0.15, 0.2) is 0 Å². The molecule has 0 aromatic carbocycles. The van der Waals surface area contributed by atoms with Crippen molar-refractivity contribution in [2.24, 2.45) is 11.1 Å². The van der Waals surface area contributed by atoms with Crippen molar-refractivity contribution in [1.82, 2.24) is 10.2 Å². The zero-order chi connectivity index (χ0) is 14.9. The summed E-state index contributed by atoms with van der Waals surface area (Å²) in [6.45, 7) is 10.5. The highest BCUT2D eigenvalue weighted by atomic mass is 16.5. The number of carbonyl (C=O) groups excluding carboxylic acids is 1. The summed E-state index contributed by atoms with van der Waals surface area (Å²) in [6.07, 6.45) is 2.21. The molecule has 1 saturated heterocycles. The second-order valence-electron chi connectivity index (χ2n) is 7.28. The average Bonchev–Trinajstić information content (AvgIpc) is 3.11. The molecular weight excluding hydrogens is 254 g/mol. The van der Waals surface area contributed by atoms with Crippen LogP contribution in [0, 0.1) is 5.41 Å². The van der Waals surface area contributed by atoms with Gasteiger partial charge in [0, 0.05) is 24.7 Å². The lowest BCUT2D eigenvalue weighted by atomic mass is 9.81. The summed E-state index contributed by atoms with van der Waals surface area (Å²) < 4.78 is 5.53. The first-order chi connectivity index (χ1) is 9.30. The van der Waals surface area contributed by atoms with Crippen molar-refractivity contribution in [3.63, 3.8) is 0 Å². The van der Waals surface area contributed by atoms with Crippen molar-refractivity contribution in [3.8, 4) is 0 Å². The lowest BCUT2D eigenvalue weighted by Gasteiger charge is -2.47. The Kier molecular flexibility index (Phi) is 4.72. The zero-order valence-corrected chi connectivity index (χ0v) is 13.2. The molecule has 0 aromatic heterocycles. The third-order valence-electron chi connectivity index (χ3n) is 4.14. The molecule has 3 N–H and O–H groups in total. The topological polar surface area (TPSA) is 67.6 Å². The van der Waals surface area contributed by atoms with E-state index in [-0.39, 0.29) is 29.4 Å². The molecule has 1 aliphatic heterocycles. The molecular formula is C15H29N3O2. The number of ether oxygens (including phenoxy) is 1. The van der Waals surface area contributed by atoms with E-state index < -0.39 is 0 Å². The summed E-state index contributed by atoms with van der Waals surface area (Å²) in [4.78, 5) is 14.7. The Bertz CT molecular complexity index is 348. The molecule has 116 valence electrons. The maximum Gasteiger partial charge on any atom is 0.239 e. The number of nitrogens with one attached hydrogen (secondary N) is 1. The first-order valence-corrected chi connectivity index (χ1v) is 7.70. The summed E-state index contributed by atoms with van der Waals surface area (Å²) in [6, 6.07) is 0.361. The molecule has 2 rings (SSSR count). The van der Waals surface area contributed by atoms with Gasteiger partial charge < -0.3 is 15.8 Å². The third kappa shape index (κ3) is 3.71. The van der Waals surface area contributed by atoms with Crippen molar-refractivity contribution < 1.29 is 9.53 Å². The Morgan fingerprint density at radius 2 is 2.05 bits per heavy atom. The summed E-state index contributed by atoms with van der Waals surface area (Å²) >= 11 is 0. The quantitative estimate of drug-likeness (QED) is 0.798. The van der Waals surface area contributed by atoms with Crippen molar-refractivity contribution in [1.29, 1.82) is 0 Å². The molecule has 3 unspecified atom stereocenters. The van der Waals surface area contributed by atoms with Crippen molar-refractivity contribution in [3.05, 3.63) is 0 Å². The fourth-order valence-electron chi connectivity index (χ4n) is 3.29. The van der Waals surface area contributed by atoms with E-state index in [0.29, 0.717) is 19.3 Å². The normalized spacial score (nSPS) is 27.9. The van der Waals surface area contributed by atoms with Gasteiger partial charge in [-0.15, -0.1) is 0 Å². The molecule has 5 heteroatoms. The molecule has 1 aliphatic carbocycles. The number of nitrogens with two attached hydrogens (primary N) is 1. The van der Waals surface area contributed by atoms with Gasteiger partial charge in [0.05, 0.1) is 13.2 Å². The summed E-state index contributed by atoms with van der Waals surface area (Å²) in [5.41, 5.74) is 6.25. The summed E-state index contributed by atoms with van der Waals surface area (Å²) in [5, 5.41) is 3.10. The molecule has 0 bridgehead atoms. The van der Waals surface area contributed by atoms with Crippen LogP contribution in [0.1, 0.15) is 40.5 Å². The van der Waals surface area contributed by atoms with Gasteiger partial charge in [0.25, 0.3) is 0 Å². The van der Waals surface area contributed by atoms with Crippen LogP contribution >= 0.6 is 0 Å². The second-order valence-corrected chi connectivity index (χ2v) is 7.28. The number of amides is 1. The largest absolute Gasteiger partial charge is 0.378 e. The number of hydrogen-bond acceptors (Lipinski definition) is 4. The van der Waals surface area contributed by atoms with E-state index in [1.165, 1.54) is 0 Å². The molecule has 0 spiro atoms. The van der Waals surface area contributed by atoms with Crippen molar-refractivity contribution >= 4 is 5.91 Å². The van der Waals surface area contributed by atoms with Gasteiger partial charge in [0.1, 0.15) is 6.04 Å². The van der Waals surface area contributed by atoms with Gasteiger partial charge in [-0.05, 0) is 25.2 Å². The first kappa shape index (κ1) is 15.7. The minimum absolute atomic E-state index is 0.0179. The highest BCUT2D eigenvalue weighted by Gasteiger charge is 2.41. The molecule has 1 heterocycles. The van der Waals surface area contributed by atoms with Gasteiger partial charge in [-0.1, -0.05) is 20.8 Å². The predicted octanol–water partition coefficient (Wildman–Crippen LogP) is 0.728. The minimum atomic E-state index is -0.209. The van der Waals surface area contributed by atoms with Crippen molar-refractivity contribution in [2.75, 3.05) is 19.8 Å². The smallest absolute Gasteiger partial charge is 0.239 e. The van der Waals surface area contributed by atoms with Gasteiger partial charge in [-0.2, -0.15) is 0 Å². The van der Waals surface area contributed by atoms with E-state index in [2.05, 4.69) is 31.0 Å². The number of morpholine rings is 1. The number of rotatable bonds is 4. The monoisotopic (exact) mass is 283 g/mol. The molecule has 2 fully saturated rings. The third-order valence-corrected chi connectivity index (χ3v) is 4.14. The fourth-order valence-corrected chi connectivity index (χ4v) is 3.29. The molecule has 1 saturated carbocycles. The Labute approximate surface area is 122 Å². The number of carbonyl (C=O) groups is 1. The molecule has 20 heavy (non-hydrogen) atoms. The zero-order valence-electron chi connectivity index (χ0n) is 13.2. The standard InChI is InChI=1S/C15H29N3O2/c1-10(16)13(15(2,3)4)18-7-8-20-9-12(18)14(19)17-11-5-6-11/h10-13H,5-9,16H2,1-4H3,(H,17,19). The predicted molar refractivity (Wildman–Crippen MR) is 79.4 cm³/mol. The number of hydrogen-bond donors (Lipinski definition) is 2. The molecule has 0 radical (unpaired) electrons. The van der Waals surface area contributed by atoms with E-state index in [1.54, 1.807) is 0 Å². The van der Waals surface area contributed by atoms with Gasteiger partial charge in [0.2, 0.25) is 5.91 Å². The van der Waals surface area contributed by atoms with Crippen molar-refractivity contribution in [2.45, 2.75) is 64.7 Å².